The second-order valence-electron chi connectivity index (χ2n) is 7.70. The number of hydrogen-bond donors (Lipinski definition) is 1. The Labute approximate surface area is 179 Å². The van der Waals surface area contributed by atoms with Gasteiger partial charge in [0.2, 0.25) is 5.91 Å². The van der Waals surface area contributed by atoms with E-state index >= 15 is 0 Å². The monoisotopic (exact) mass is 424 g/mol. The van der Waals surface area contributed by atoms with Crippen molar-refractivity contribution in [2.24, 2.45) is 5.92 Å². The van der Waals surface area contributed by atoms with E-state index in [1.54, 1.807) is 12.1 Å². The number of nitriles is 1. The maximum Gasteiger partial charge on any atom is 0.252 e. The Balaban J connectivity index is 1.34. The summed E-state index contributed by atoms with van der Waals surface area (Å²) in [5, 5.41) is 14.7. The lowest BCUT2D eigenvalue weighted by Gasteiger charge is -2.41. The predicted octanol–water partition coefficient (Wildman–Crippen LogP) is 2.71. The minimum absolute atomic E-state index is 0.0123. The molecule has 2 fully saturated rings. The Kier molecular flexibility index (Phi) is 6.11. The molecule has 2 aromatic rings. The number of nitrogens with zero attached hydrogens (tertiary/aromatic N) is 3. The summed E-state index contributed by atoms with van der Waals surface area (Å²) in [7, 11) is 0. The van der Waals surface area contributed by atoms with Crippen LogP contribution in [-0.2, 0) is 20.9 Å². The molecule has 8 heteroatoms. The third-order valence-electron chi connectivity index (χ3n) is 5.86. The number of carbonyl (C=O) groups excluding carboxylic acids is 2. The molecule has 30 heavy (non-hydrogen) atoms. The third kappa shape index (κ3) is 4.23. The zero-order valence-electron chi connectivity index (χ0n) is 16.8. The Morgan fingerprint density at radius 1 is 1.33 bits per heavy atom. The van der Waals surface area contributed by atoms with Crippen molar-refractivity contribution in [3.05, 3.63) is 40.2 Å². The van der Waals surface area contributed by atoms with Crippen molar-refractivity contribution < 1.29 is 14.3 Å². The van der Waals surface area contributed by atoms with Crippen LogP contribution in [0.3, 0.4) is 0 Å². The van der Waals surface area contributed by atoms with Gasteiger partial charge in [-0.3, -0.25) is 9.59 Å². The number of carbonyl (C=O) groups is 2. The number of rotatable bonds is 5. The van der Waals surface area contributed by atoms with Crippen LogP contribution in [0.15, 0.2) is 29.6 Å². The summed E-state index contributed by atoms with van der Waals surface area (Å²) < 4.78 is 5.33. The maximum atomic E-state index is 12.8. The van der Waals surface area contributed by atoms with Crippen LogP contribution >= 0.6 is 11.3 Å². The van der Waals surface area contributed by atoms with E-state index in [-0.39, 0.29) is 29.9 Å². The summed E-state index contributed by atoms with van der Waals surface area (Å²) in [6.45, 7) is 3.64. The van der Waals surface area contributed by atoms with Gasteiger partial charge in [-0.1, -0.05) is 12.1 Å². The van der Waals surface area contributed by atoms with E-state index in [0.29, 0.717) is 25.3 Å². The summed E-state index contributed by atoms with van der Waals surface area (Å²) in [4.78, 5) is 31.8. The Hall–Kier alpha value is -2.76. The van der Waals surface area contributed by atoms with Gasteiger partial charge in [0, 0.05) is 30.0 Å². The summed E-state index contributed by atoms with van der Waals surface area (Å²) in [6, 6.07) is 9.24. The average Bonchev–Trinajstić information content (AvgIpc) is 3.20. The number of thiazole rings is 1. The van der Waals surface area contributed by atoms with Crippen LogP contribution in [0.5, 0.6) is 0 Å². The second kappa shape index (κ2) is 8.94. The molecule has 2 aliphatic heterocycles. The smallest absolute Gasteiger partial charge is 0.252 e. The molecule has 0 bridgehead atoms. The Bertz CT molecular complexity index is 962. The molecule has 4 rings (SSSR count). The molecule has 0 aliphatic carbocycles. The fourth-order valence-corrected chi connectivity index (χ4v) is 4.70. The Morgan fingerprint density at radius 2 is 2.10 bits per heavy atom. The zero-order valence-corrected chi connectivity index (χ0v) is 17.7. The number of amides is 2. The highest BCUT2D eigenvalue weighted by atomic mass is 32.1. The fraction of sp³-hybridized carbons (Fsp3) is 0.455. The zero-order chi connectivity index (χ0) is 21.1. The van der Waals surface area contributed by atoms with Gasteiger partial charge in [0.05, 0.1) is 36.4 Å². The van der Waals surface area contributed by atoms with E-state index < -0.39 is 0 Å². The van der Waals surface area contributed by atoms with Crippen molar-refractivity contribution in [3.63, 3.8) is 0 Å². The summed E-state index contributed by atoms with van der Waals surface area (Å²) in [6.07, 6.45) is 2.03. The van der Waals surface area contributed by atoms with Crippen molar-refractivity contribution >= 4 is 23.2 Å². The number of aromatic nitrogens is 1. The highest BCUT2D eigenvalue weighted by molar-refractivity contribution is 7.09. The summed E-state index contributed by atoms with van der Waals surface area (Å²) in [5.41, 5.74) is 2.38. The van der Waals surface area contributed by atoms with Crippen LogP contribution in [0.4, 0.5) is 0 Å². The highest BCUT2D eigenvalue weighted by Crippen LogP contribution is 2.27. The Morgan fingerprint density at radius 3 is 2.77 bits per heavy atom. The molecule has 0 spiro atoms. The molecular weight excluding hydrogens is 400 g/mol. The van der Waals surface area contributed by atoms with Gasteiger partial charge in [0.15, 0.2) is 0 Å². The second-order valence-corrected chi connectivity index (χ2v) is 8.65. The lowest BCUT2D eigenvalue weighted by atomic mass is 9.88. The van der Waals surface area contributed by atoms with E-state index in [1.165, 1.54) is 11.3 Å². The molecule has 156 valence electrons. The lowest BCUT2D eigenvalue weighted by molar-refractivity contribution is -0.161. The van der Waals surface area contributed by atoms with Crippen LogP contribution in [0.2, 0.25) is 0 Å². The number of ether oxygens (including phenoxy) is 1. The van der Waals surface area contributed by atoms with Gasteiger partial charge in [0.1, 0.15) is 11.1 Å². The SMILES string of the molecule is C[C@H]1[C@@H](C(=O)NCc2nc(-c3ccc(C#N)cc3)cs2)CCCN1C(=O)[C@H]1CCO1. The quantitative estimate of drug-likeness (QED) is 0.796. The van der Waals surface area contributed by atoms with Crippen molar-refractivity contribution in [3.8, 4) is 17.3 Å². The molecule has 2 saturated heterocycles. The molecule has 0 saturated carbocycles. The van der Waals surface area contributed by atoms with Crippen LogP contribution in [0.25, 0.3) is 11.3 Å². The molecule has 0 unspecified atom stereocenters. The van der Waals surface area contributed by atoms with Gasteiger partial charge >= 0.3 is 0 Å². The average molecular weight is 425 g/mol. The van der Waals surface area contributed by atoms with Gasteiger partial charge < -0.3 is 15.0 Å². The first kappa shape index (κ1) is 20.5. The number of piperidine rings is 1. The molecule has 3 heterocycles. The van der Waals surface area contributed by atoms with Gasteiger partial charge in [0.25, 0.3) is 5.91 Å². The summed E-state index contributed by atoms with van der Waals surface area (Å²) in [5.74, 6) is -0.247. The first-order valence-corrected chi connectivity index (χ1v) is 11.1. The lowest BCUT2D eigenvalue weighted by Crippen LogP contribution is -2.55. The first-order chi connectivity index (χ1) is 14.6. The van der Waals surface area contributed by atoms with Crippen LogP contribution in [0.1, 0.15) is 36.8 Å². The van der Waals surface area contributed by atoms with Crippen LogP contribution in [-0.4, -0.2) is 47.0 Å². The topological polar surface area (TPSA) is 95.3 Å². The molecule has 1 aromatic heterocycles. The molecule has 2 aliphatic rings. The predicted molar refractivity (Wildman–Crippen MR) is 112 cm³/mol. The van der Waals surface area contributed by atoms with E-state index in [2.05, 4.69) is 16.4 Å². The van der Waals surface area contributed by atoms with E-state index in [1.807, 2.05) is 29.3 Å². The molecule has 0 radical (unpaired) electrons. The molecular formula is C22H24N4O3S. The number of likely N-dealkylation sites (tertiary alicyclic amines) is 1. The van der Waals surface area contributed by atoms with Crippen LogP contribution in [0, 0.1) is 17.2 Å². The minimum Gasteiger partial charge on any atom is -0.368 e. The first-order valence-electron chi connectivity index (χ1n) is 10.2. The van der Waals surface area contributed by atoms with Gasteiger partial charge in [-0.2, -0.15) is 5.26 Å². The fourth-order valence-electron chi connectivity index (χ4n) is 3.95. The van der Waals surface area contributed by atoms with E-state index in [4.69, 9.17) is 10.00 Å². The number of hydrogen-bond acceptors (Lipinski definition) is 6. The highest BCUT2D eigenvalue weighted by Gasteiger charge is 2.39. The van der Waals surface area contributed by atoms with Crippen molar-refractivity contribution in [1.29, 1.82) is 5.26 Å². The van der Waals surface area contributed by atoms with Gasteiger partial charge in [-0.05, 0) is 31.9 Å². The molecule has 1 aromatic carbocycles. The van der Waals surface area contributed by atoms with Crippen molar-refractivity contribution in [1.82, 2.24) is 15.2 Å². The van der Waals surface area contributed by atoms with Gasteiger partial charge in [-0.25, -0.2) is 4.98 Å². The molecule has 2 amide bonds. The number of benzene rings is 1. The third-order valence-corrected chi connectivity index (χ3v) is 6.71. The van der Waals surface area contributed by atoms with E-state index in [0.717, 1.165) is 35.5 Å². The summed E-state index contributed by atoms with van der Waals surface area (Å²) >= 11 is 1.49. The normalized spacial score (nSPS) is 23.3. The maximum absolute atomic E-state index is 12.8. The van der Waals surface area contributed by atoms with E-state index in [9.17, 15) is 9.59 Å². The van der Waals surface area contributed by atoms with Crippen LogP contribution < -0.4 is 5.32 Å². The largest absolute Gasteiger partial charge is 0.368 e. The molecule has 3 atom stereocenters. The van der Waals surface area contributed by atoms with Crippen molar-refractivity contribution in [2.75, 3.05) is 13.2 Å². The molecule has 7 nitrogen and oxygen atoms in total. The minimum atomic E-state index is -0.328. The number of nitrogens with one attached hydrogen (secondary N) is 1. The standard InChI is InChI=1S/C22H24N4O3S/c1-14-17(3-2-9-26(14)22(28)19-8-10-29-19)21(27)24-12-20-25-18(13-30-20)16-6-4-15(11-23)5-7-16/h4-7,13-14,17,19H,2-3,8-10,12H2,1H3,(H,24,27)/t14-,17-,19+/m0/s1. The molecule has 1 N–H and O–H groups in total. The van der Waals surface area contributed by atoms with Crippen molar-refractivity contribution in [2.45, 2.75) is 44.9 Å². The van der Waals surface area contributed by atoms with Gasteiger partial charge in [-0.15, -0.1) is 11.3 Å².